The predicted octanol–water partition coefficient (Wildman–Crippen LogP) is 0.129. The molecule has 2 aromatic carbocycles. The summed E-state index contributed by atoms with van der Waals surface area (Å²) in [6, 6.07) is 7.98. The Morgan fingerprint density at radius 1 is 0.735 bits per heavy atom. The first-order chi connectivity index (χ1) is 16.0. The number of carbonyl (C=O) groups excluding carboxylic acids is 2. The Labute approximate surface area is 195 Å². The molecule has 0 saturated heterocycles. The summed E-state index contributed by atoms with van der Waals surface area (Å²) in [5.41, 5.74) is 6.86. The molecule has 0 spiro atoms. The number of carboxylic acid groups (broad SMARTS) is 2. The molecule has 11 nitrogen and oxygen atoms in total. The number of nitrogens with one attached hydrogen (secondary N) is 2. The lowest BCUT2D eigenvalue weighted by molar-refractivity contribution is -0.142. The molecule has 0 saturated carbocycles. The van der Waals surface area contributed by atoms with Crippen molar-refractivity contribution in [2.75, 3.05) is 0 Å². The molecule has 0 bridgehead atoms. The van der Waals surface area contributed by atoms with E-state index in [1.54, 1.807) is 0 Å². The van der Waals surface area contributed by atoms with Crippen molar-refractivity contribution < 1.29 is 39.6 Å². The van der Waals surface area contributed by atoms with Gasteiger partial charge in [-0.1, -0.05) is 24.3 Å². The van der Waals surface area contributed by atoms with Gasteiger partial charge in [0.15, 0.2) is 0 Å². The van der Waals surface area contributed by atoms with Crippen LogP contribution in [-0.4, -0.2) is 62.3 Å². The van der Waals surface area contributed by atoms with E-state index in [1.165, 1.54) is 48.5 Å². The number of hydrogen-bond donors (Lipinski definition) is 7. The molecule has 0 fully saturated rings. The molecule has 182 valence electrons. The molecule has 3 atom stereocenters. The third kappa shape index (κ3) is 8.43. The number of nitrogens with two attached hydrogens (primary N) is 1. The average Bonchev–Trinajstić information content (AvgIpc) is 2.79. The van der Waals surface area contributed by atoms with E-state index in [1.807, 2.05) is 0 Å². The fraction of sp³-hybridized carbons (Fsp3) is 0.304. The largest absolute Gasteiger partial charge is 0.508 e. The van der Waals surface area contributed by atoms with Crippen molar-refractivity contribution in [3.8, 4) is 11.5 Å². The van der Waals surface area contributed by atoms with Crippen molar-refractivity contribution in [2.45, 2.75) is 43.8 Å². The summed E-state index contributed by atoms with van der Waals surface area (Å²) >= 11 is 0. The molecule has 0 heterocycles. The Balaban J connectivity index is 2.17. The van der Waals surface area contributed by atoms with Gasteiger partial charge in [0.25, 0.3) is 0 Å². The second kappa shape index (κ2) is 12.2. The SMILES string of the molecule is N[C@@H](CCC(=O)O)C(=O)N[C@@H](Cc1ccc(O)cc1)C(=O)N[C@@H](Cc1ccc(O)cc1)C(=O)O. The van der Waals surface area contributed by atoms with Crippen LogP contribution in [0.15, 0.2) is 48.5 Å². The lowest BCUT2D eigenvalue weighted by Crippen LogP contribution is -2.55. The normalized spacial score (nSPS) is 13.3. The number of phenolic OH excluding ortho intramolecular Hbond substituents is 2. The van der Waals surface area contributed by atoms with Gasteiger partial charge in [0, 0.05) is 19.3 Å². The van der Waals surface area contributed by atoms with E-state index in [0.717, 1.165) is 0 Å². The first kappa shape index (κ1) is 26.1. The van der Waals surface area contributed by atoms with E-state index in [0.29, 0.717) is 11.1 Å². The molecular formula is C23H27N3O8. The predicted molar refractivity (Wildman–Crippen MR) is 120 cm³/mol. The Hall–Kier alpha value is -4.12. The Morgan fingerprint density at radius 2 is 1.18 bits per heavy atom. The second-order valence-corrected chi connectivity index (χ2v) is 7.74. The molecule has 0 aliphatic carbocycles. The molecule has 2 rings (SSSR count). The van der Waals surface area contributed by atoms with Crippen LogP contribution in [0.25, 0.3) is 0 Å². The van der Waals surface area contributed by atoms with Crippen LogP contribution in [0, 0.1) is 0 Å². The molecule has 2 amide bonds. The summed E-state index contributed by atoms with van der Waals surface area (Å²) in [5, 5.41) is 42.1. The van der Waals surface area contributed by atoms with E-state index in [-0.39, 0.29) is 37.2 Å². The van der Waals surface area contributed by atoms with Crippen molar-refractivity contribution in [3.05, 3.63) is 59.7 Å². The van der Waals surface area contributed by atoms with Crippen LogP contribution >= 0.6 is 0 Å². The second-order valence-electron chi connectivity index (χ2n) is 7.74. The monoisotopic (exact) mass is 473 g/mol. The fourth-order valence-electron chi connectivity index (χ4n) is 3.11. The smallest absolute Gasteiger partial charge is 0.326 e. The van der Waals surface area contributed by atoms with Gasteiger partial charge in [-0.15, -0.1) is 0 Å². The molecule has 0 aliphatic rings. The zero-order valence-electron chi connectivity index (χ0n) is 18.2. The maximum absolute atomic E-state index is 13.0. The number of hydrogen-bond acceptors (Lipinski definition) is 7. The van der Waals surface area contributed by atoms with E-state index in [4.69, 9.17) is 10.8 Å². The van der Waals surface area contributed by atoms with E-state index in [9.17, 15) is 34.5 Å². The highest BCUT2D eigenvalue weighted by Crippen LogP contribution is 2.14. The van der Waals surface area contributed by atoms with Gasteiger partial charge in [-0.2, -0.15) is 0 Å². The number of aromatic hydroxyl groups is 2. The van der Waals surface area contributed by atoms with Crippen molar-refractivity contribution in [1.29, 1.82) is 0 Å². The highest BCUT2D eigenvalue weighted by atomic mass is 16.4. The quantitative estimate of drug-likeness (QED) is 0.224. The van der Waals surface area contributed by atoms with Crippen LogP contribution in [0.2, 0.25) is 0 Å². The molecular weight excluding hydrogens is 446 g/mol. The van der Waals surface area contributed by atoms with Crippen molar-refractivity contribution in [3.63, 3.8) is 0 Å². The van der Waals surface area contributed by atoms with Gasteiger partial charge in [0.05, 0.1) is 6.04 Å². The van der Waals surface area contributed by atoms with Gasteiger partial charge in [-0.3, -0.25) is 14.4 Å². The van der Waals surface area contributed by atoms with Gasteiger partial charge in [0.2, 0.25) is 11.8 Å². The molecule has 0 aromatic heterocycles. The van der Waals surface area contributed by atoms with Gasteiger partial charge >= 0.3 is 11.9 Å². The van der Waals surface area contributed by atoms with E-state index >= 15 is 0 Å². The number of benzene rings is 2. The minimum Gasteiger partial charge on any atom is -0.508 e. The third-order valence-electron chi connectivity index (χ3n) is 5.01. The highest BCUT2D eigenvalue weighted by Gasteiger charge is 2.28. The Bertz CT molecular complexity index is 1010. The zero-order chi connectivity index (χ0) is 25.3. The molecule has 11 heteroatoms. The van der Waals surface area contributed by atoms with Crippen LogP contribution in [0.4, 0.5) is 0 Å². The van der Waals surface area contributed by atoms with Crippen LogP contribution in [0.3, 0.4) is 0 Å². The van der Waals surface area contributed by atoms with Gasteiger partial charge in [-0.05, 0) is 41.8 Å². The summed E-state index contributed by atoms with van der Waals surface area (Å²) < 4.78 is 0. The van der Waals surface area contributed by atoms with Crippen LogP contribution < -0.4 is 16.4 Å². The van der Waals surface area contributed by atoms with Gasteiger partial charge in [0.1, 0.15) is 23.6 Å². The molecule has 34 heavy (non-hydrogen) atoms. The first-order valence-electron chi connectivity index (χ1n) is 10.4. The van der Waals surface area contributed by atoms with E-state index in [2.05, 4.69) is 10.6 Å². The Morgan fingerprint density at radius 3 is 1.62 bits per heavy atom. The van der Waals surface area contributed by atoms with Gasteiger partial charge in [-0.25, -0.2) is 4.79 Å². The molecule has 2 aromatic rings. The third-order valence-corrected chi connectivity index (χ3v) is 5.01. The molecule has 0 unspecified atom stereocenters. The number of phenols is 2. The zero-order valence-corrected chi connectivity index (χ0v) is 18.2. The highest BCUT2D eigenvalue weighted by molar-refractivity contribution is 5.92. The lowest BCUT2D eigenvalue weighted by atomic mass is 10.0. The van der Waals surface area contributed by atoms with Crippen LogP contribution in [0.5, 0.6) is 11.5 Å². The topological polar surface area (TPSA) is 199 Å². The van der Waals surface area contributed by atoms with Crippen molar-refractivity contribution >= 4 is 23.8 Å². The van der Waals surface area contributed by atoms with Gasteiger partial charge < -0.3 is 36.8 Å². The number of carbonyl (C=O) groups is 4. The maximum atomic E-state index is 13.0. The molecule has 0 radical (unpaired) electrons. The summed E-state index contributed by atoms with van der Waals surface area (Å²) in [6.07, 6.45) is -0.584. The molecule has 8 N–H and O–H groups in total. The number of carboxylic acids is 2. The average molecular weight is 473 g/mol. The van der Waals surface area contributed by atoms with Crippen LogP contribution in [-0.2, 0) is 32.0 Å². The molecule has 0 aliphatic heterocycles. The number of rotatable bonds is 12. The minimum absolute atomic E-state index is 0.00400. The summed E-state index contributed by atoms with van der Waals surface area (Å²) in [7, 11) is 0. The van der Waals surface area contributed by atoms with E-state index < -0.39 is 41.9 Å². The van der Waals surface area contributed by atoms with Crippen molar-refractivity contribution in [2.24, 2.45) is 5.73 Å². The number of amides is 2. The Kier molecular flexibility index (Phi) is 9.38. The summed E-state index contributed by atoms with van der Waals surface area (Å²) in [4.78, 5) is 47.9. The summed E-state index contributed by atoms with van der Waals surface area (Å²) in [6.45, 7) is 0. The summed E-state index contributed by atoms with van der Waals surface area (Å²) in [5.74, 6) is -3.95. The minimum atomic E-state index is -1.32. The standard InChI is InChI=1S/C23H27N3O8/c24-17(9-10-20(29)30)21(31)25-18(11-13-1-5-15(27)6-2-13)22(32)26-19(23(33)34)12-14-3-7-16(28)8-4-14/h1-8,17-19,27-28H,9-12,24H2,(H,25,31)(H,26,32)(H,29,30)(H,33,34)/t17-,18-,19-/m0/s1. The first-order valence-corrected chi connectivity index (χ1v) is 10.4. The van der Waals surface area contributed by atoms with Crippen LogP contribution in [0.1, 0.15) is 24.0 Å². The lowest BCUT2D eigenvalue weighted by Gasteiger charge is -2.23. The van der Waals surface area contributed by atoms with Crippen molar-refractivity contribution in [1.82, 2.24) is 10.6 Å². The fourth-order valence-corrected chi connectivity index (χ4v) is 3.11. The number of aliphatic carboxylic acids is 2. The maximum Gasteiger partial charge on any atom is 0.326 e.